The number of hydrogen-bond donors (Lipinski definition) is 1. The van der Waals surface area contributed by atoms with Gasteiger partial charge in [-0.05, 0) is 54.1 Å². The highest BCUT2D eigenvalue weighted by atomic mass is 79.9. The van der Waals surface area contributed by atoms with Gasteiger partial charge in [0.2, 0.25) is 0 Å². The number of hydrogen-bond acceptors (Lipinski definition) is 4. The van der Waals surface area contributed by atoms with E-state index in [-0.39, 0.29) is 11.8 Å². The lowest BCUT2D eigenvalue weighted by atomic mass is 9.99. The van der Waals surface area contributed by atoms with Crippen LogP contribution in [0.2, 0.25) is 0 Å². The average Bonchev–Trinajstić information content (AvgIpc) is 2.78. The molecule has 0 saturated heterocycles. The molecule has 4 nitrogen and oxygen atoms in total. The summed E-state index contributed by atoms with van der Waals surface area (Å²) >= 11 is 4.66. The van der Waals surface area contributed by atoms with Crippen molar-refractivity contribution in [2.45, 2.75) is 52.7 Å². The van der Waals surface area contributed by atoms with Gasteiger partial charge >= 0.3 is 5.97 Å². The molecule has 0 fully saturated rings. The molecule has 0 aliphatic rings. The largest absolute Gasteiger partial charge is 0.458 e. The van der Waals surface area contributed by atoms with Gasteiger partial charge in [0.25, 0.3) is 5.91 Å². The number of amides is 1. The van der Waals surface area contributed by atoms with Crippen molar-refractivity contribution >= 4 is 39.1 Å². The molecule has 1 amide bonds. The molecule has 118 valence electrons. The number of carbonyl (C=O) groups excluding carboxylic acids is 2. The van der Waals surface area contributed by atoms with Gasteiger partial charge in [0.15, 0.2) is 0 Å². The molecular weight excluding hydrogens is 354 g/mol. The number of halogens is 1. The van der Waals surface area contributed by atoms with Crippen LogP contribution >= 0.6 is 27.3 Å². The minimum atomic E-state index is -0.643. The van der Waals surface area contributed by atoms with E-state index in [2.05, 4.69) is 21.2 Å². The molecule has 0 unspecified atom stereocenters. The summed E-state index contributed by atoms with van der Waals surface area (Å²) in [4.78, 5) is 25.2. The molecule has 0 bridgehead atoms. The summed E-state index contributed by atoms with van der Waals surface area (Å²) in [5.74, 6) is -0.645. The van der Waals surface area contributed by atoms with E-state index in [1.165, 1.54) is 11.3 Å². The molecule has 1 aromatic rings. The van der Waals surface area contributed by atoms with Crippen LogP contribution in [0.5, 0.6) is 0 Å². The number of thiophene rings is 1. The predicted octanol–water partition coefficient (Wildman–Crippen LogP) is 4.00. The first-order chi connectivity index (χ1) is 9.65. The molecule has 1 N–H and O–H groups in total. The molecule has 0 spiro atoms. The Bertz CT molecular complexity index is 507. The highest BCUT2D eigenvalue weighted by Gasteiger charge is 2.31. The molecule has 21 heavy (non-hydrogen) atoms. The van der Waals surface area contributed by atoms with E-state index < -0.39 is 17.6 Å². The lowest BCUT2D eigenvalue weighted by Gasteiger charge is -2.27. The molecule has 6 heteroatoms. The molecule has 1 rings (SSSR count). The monoisotopic (exact) mass is 375 g/mol. The third kappa shape index (κ3) is 5.43. The minimum absolute atomic E-state index is 0.00235. The van der Waals surface area contributed by atoms with Crippen LogP contribution in [0.3, 0.4) is 0 Å². The first-order valence-electron chi connectivity index (χ1n) is 6.92. The zero-order valence-corrected chi connectivity index (χ0v) is 15.4. The van der Waals surface area contributed by atoms with E-state index in [0.29, 0.717) is 4.88 Å². The van der Waals surface area contributed by atoms with E-state index in [0.717, 1.165) is 10.9 Å². The number of ether oxygens (including phenoxy) is 1. The van der Waals surface area contributed by atoms with E-state index in [1.54, 1.807) is 0 Å². The zero-order chi connectivity index (χ0) is 16.2. The number of carbonyl (C=O) groups is 2. The van der Waals surface area contributed by atoms with Crippen LogP contribution in [0.25, 0.3) is 0 Å². The van der Waals surface area contributed by atoms with Gasteiger partial charge in [-0.15, -0.1) is 11.3 Å². The maximum absolute atomic E-state index is 12.3. The number of esters is 1. The zero-order valence-electron chi connectivity index (χ0n) is 13.0. The molecule has 0 aliphatic carbocycles. The topological polar surface area (TPSA) is 55.4 Å². The molecular formula is C15H22BrNO3S. The van der Waals surface area contributed by atoms with Crippen molar-refractivity contribution in [3.05, 3.63) is 20.8 Å². The fourth-order valence-electron chi connectivity index (χ4n) is 1.70. The fourth-order valence-corrected chi connectivity index (χ4v) is 3.15. The van der Waals surface area contributed by atoms with E-state index in [4.69, 9.17) is 4.74 Å². The number of rotatable bonds is 5. The van der Waals surface area contributed by atoms with Crippen molar-refractivity contribution in [2.75, 3.05) is 0 Å². The van der Waals surface area contributed by atoms with Gasteiger partial charge in [0, 0.05) is 4.47 Å². The second-order valence-electron chi connectivity index (χ2n) is 5.97. The molecule has 0 aromatic carbocycles. The van der Waals surface area contributed by atoms with Crippen LogP contribution in [-0.2, 0) is 9.53 Å². The Balaban J connectivity index is 2.87. The second kappa shape index (κ2) is 7.40. The fraction of sp³-hybridized carbons (Fsp3) is 0.600. The summed E-state index contributed by atoms with van der Waals surface area (Å²) in [6.07, 6.45) is 0.774. The van der Waals surface area contributed by atoms with Crippen LogP contribution in [0, 0.1) is 5.92 Å². The Labute approximate surface area is 138 Å². The standard InChI is InChI=1S/C15H22BrNO3S/c1-6-9(2)11(14(19)20-15(3,4)5)17-13(18)12-10(16)7-8-21-12/h7-9,11H,6H2,1-5H3,(H,17,18)/t9-,11-/m0/s1. The normalized spacial score (nSPS) is 14.4. The summed E-state index contributed by atoms with van der Waals surface area (Å²) in [5, 5.41) is 4.62. The van der Waals surface area contributed by atoms with Crippen molar-refractivity contribution in [3.63, 3.8) is 0 Å². The van der Waals surface area contributed by atoms with E-state index in [9.17, 15) is 9.59 Å². The molecule has 1 aromatic heterocycles. The molecule has 0 aliphatic heterocycles. The third-order valence-corrected chi connectivity index (χ3v) is 4.82. The lowest BCUT2D eigenvalue weighted by molar-refractivity contribution is -0.158. The second-order valence-corrected chi connectivity index (χ2v) is 7.74. The molecule has 2 atom stereocenters. The smallest absolute Gasteiger partial charge is 0.329 e. The molecule has 0 radical (unpaired) electrons. The molecule has 0 saturated carbocycles. The summed E-state index contributed by atoms with van der Waals surface area (Å²) < 4.78 is 6.14. The summed E-state index contributed by atoms with van der Waals surface area (Å²) in [6, 6.07) is 1.17. The van der Waals surface area contributed by atoms with Crippen molar-refractivity contribution in [1.82, 2.24) is 5.32 Å². The first-order valence-corrected chi connectivity index (χ1v) is 8.59. The van der Waals surface area contributed by atoms with Gasteiger partial charge in [-0.2, -0.15) is 0 Å². The van der Waals surface area contributed by atoms with Gasteiger partial charge in [0.05, 0.1) is 0 Å². The Morgan fingerprint density at radius 2 is 2.05 bits per heavy atom. The average molecular weight is 376 g/mol. The van der Waals surface area contributed by atoms with Crippen molar-refractivity contribution in [1.29, 1.82) is 0 Å². The maximum Gasteiger partial charge on any atom is 0.329 e. The van der Waals surface area contributed by atoms with Crippen molar-refractivity contribution in [2.24, 2.45) is 5.92 Å². The highest BCUT2D eigenvalue weighted by Crippen LogP contribution is 2.23. The Morgan fingerprint density at radius 3 is 2.48 bits per heavy atom. The SMILES string of the molecule is CC[C@H](C)[C@H](NC(=O)c1sccc1Br)C(=O)OC(C)(C)C. The Hall–Kier alpha value is -0.880. The van der Waals surface area contributed by atoms with Crippen LogP contribution in [-0.4, -0.2) is 23.5 Å². The predicted molar refractivity (Wildman–Crippen MR) is 88.6 cm³/mol. The van der Waals surface area contributed by atoms with Crippen LogP contribution in [0.1, 0.15) is 50.7 Å². The van der Waals surface area contributed by atoms with Crippen LogP contribution in [0.15, 0.2) is 15.9 Å². The Morgan fingerprint density at radius 1 is 1.43 bits per heavy atom. The van der Waals surface area contributed by atoms with Crippen LogP contribution in [0.4, 0.5) is 0 Å². The number of nitrogens with one attached hydrogen (secondary N) is 1. The van der Waals surface area contributed by atoms with Gasteiger partial charge in [-0.1, -0.05) is 20.3 Å². The first kappa shape index (κ1) is 18.2. The van der Waals surface area contributed by atoms with Crippen molar-refractivity contribution < 1.29 is 14.3 Å². The lowest BCUT2D eigenvalue weighted by Crippen LogP contribution is -2.47. The summed E-state index contributed by atoms with van der Waals surface area (Å²) in [5.41, 5.74) is -0.572. The highest BCUT2D eigenvalue weighted by molar-refractivity contribution is 9.10. The van der Waals surface area contributed by atoms with Crippen molar-refractivity contribution in [3.8, 4) is 0 Å². The summed E-state index contributed by atoms with van der Waals surface area (Å²) in [7, 11) is 0. The van der Waals surface area contributed by atoms with Gasteiger partial charge < -0.3 is 10.1 Å². The third-order valence-electron chi connectivity index (χ3n) is 2.98. The molecule has 1 heterocycles. The van der Waals surface area contributed by atoms with Gasteiger partial charge in [-0.3, -0.25) is 4.79 Å². The van der Waals surface area contributed by atoms with E-state index in [1.807, 2.05) is 46.1 Å². The van der Waals surface area contributed by atoms with Gasteiger partial charge in [0.1, 0.15) is 16.5 Å². The quantitative estimate of drug-likeness (QED) is 0.791. The Kier molecular flexibility index (Phi) is 6.41. The van der Waals surface area contributed by atoms with E-state index >= 15 is 0 Å². The minimum Gasteiger partial charge on any atom is -0.458 e. The summed E-state index contributed by atoms with van der Waals surface area (Å²) in [6.45, 7) is 9.36. The maximum atomic E-state index is 12.3. The van der Waals surface area contributed by atoms with Crippen LogP contribution < -0.4 is 5.32 Å². The van der Waals surface area contributed by atoms with Gasteiger partial charge in [-0.25, -0.2) is 4.79 Å².